The normalized spacial score (nSPS) is 13.6. The molecule has 6 heterocycles. The summed E-state index contributed by atoms with van der Waals surface area (Å²) < 4.78 is 0. The summed E-state index contributed by atoms with van der Waals surface area (Å²) in [5.74, 6) is 2.13. The lowest BCUT2D eigenvalue weighted by Gasteiger charge is -2.40. The number of aromatic hydroxyl groups is 2. The van der Waals surface area contributed by atoms with Gasteiger partial charge in [-0.25, -0.2) is 9.97 Å². The third-order valence-electron chi connectivity index (χ3n) is 9.68. The van der Waals surface area contributed by atoms with E-state index in [4.69, 9.17) is 16.6 Å². The summed E-state index contributed by atoms with van der Waals surface area (Å²) in [6.07, 6.45) is 6.76. The van der Waals surface area contributed by atoms with E-state index in [1.165, 1.54) is 0 Å². The molecule has 0 unspecified atom stereocenters. The Kier molecular flexibility index (Phi) is 11.9. The Labute approximate surface area is 335 Å². The minimum atomic E-state index is 0. The van der Waals surface area contributed by atoms with Crippen LogP contribution in [0.2, 0.25) is 5.15 Å². The predicted octanol–water partition coefficient (Wildman–Crippen LogP) is 8.85. The molecule has 0 amide bonds. The van der Waals surface area contributed by atoms with Crippen LogP contribution in [0, 0.1) is 0 Å². The Balaban J connectivity index is 0.000000141. The van der Waals surface area contributed by atoms with Gasteiger partial charge in [0.15, 0.2) is 0 Å². The van der Waals surface area contributed by atoms with Gasteiger partial charge in [-0.15, -0.1) is 12.4 Å². The lowest BCUT2D eigenvalue weighted by Crippen LogP contribution is -2.46. The maximum atomic E-state index is 10.2. The van der Waals surface area contributed by atoms with Gasteiger partial charge in [-0.3, -0.25) is 19.9 Å². The van der Waals surface area contributed by atoms with E-state index in [1.807, 2.05) is 78.9 Å². The highest BCUT2D eigenvalue weighted by Gasteiger charge is 2.33. The summed E-state index contributed by atoms with van der Waals surface area (Å²) in [6, 6.07) is 38.5. The van der Waals surface area contributed by atoms with Crippen LogP contribution in [0.5, 0.6) is 11.5 Å². The second kappa shape index (κ2) is 17.5. The summed E-state index contributed by atoms with van der Waals surface area (Å²) in [5, 5.41) is 26.1. The number of nitrogens with zero attached hydrogens (tertiary/aromatic N) is 7. The first-order valence-corrected chi connectivity index (χ1v) is 18.4. The standard InChI is InChI=1S/C22H18N4O.C13H13N3O.C9H6ClN.ClH/c27-19-8-4-2-6-17(19)22-21(23-11-12-24-22)16-13-26(14-16)20-10-9-15-5-1-3-7-18(15)25-20;17-11-4-2-1-3-10(11)13-12(9-7-14-8-9)15-5-6-16-13;10-9-6-5-7-3-1-2-4-8(7)11-9;/h1-12,16,27H,13-14H2;1-6,9,14,17H,7-8H2;1-6H;1H. The van der Waals surface area contributed by atoms with Gasteiger partial charge in [-0.2, -0.15) is 0 Å². The van der Waals surface area contributed by atoms with Crippen molar-refractivity contribution >= 4 is 51.6 Å². The highest BCUT2D eigenvalue weighted by atomic mass is 35.5. The minimum Gasteiger partial charge on any atom is -0.507 e. The van der Waals surface area contributed by atoms with Crippen LogP contribution in [0.25, 0.3) is 44.3 Å². The van der Waals surface area contributed by atoms with Crippen LogP contribution in [-0.2, 0) is 0 Å². The van der Waals surface area contributed by atoms with E-state index >= 15 is 0 Å². The van der Waals surface area contributed by atoms with Crippen molar-refractivity contribution in [1.82, 2.24) is 35.2 Å². The molecule has 10 rings (SSSR count). The molecule has 2 fully saturated rings. The number of benzene rings is 4. The molecule has 0 saturated carbocycles. The maximum absolute atomic E-state index is 10.2. The molecule has 56 heavy (non-hydrogen) atoms. The Morgan fingerprint density at radius 1 is 0.536 bits per heavy atom. The summed E-state index contributed by atoms with van der Waals surface area (Å²) in [7, 11) is 0. The molecule has 280 valence electrons. The predicted molar refractivity (Wildman–Crippen MR) is 225 cm³/mol. The summed E-state index contributed by atoms with van der Waals surface area (Å²) >= 11 is 5.71. The van der Waals surface area contributed by atoms with E-state index in [0.29, 0.717) is 11.1 Å². The molecular weight excluding hydrogens is 743 g/mol. The maximum Gasteiger partial charge on any atom is 0.129 e. The molecule has 8 aromatic rings. The van der Waals surface area contributed by atoms with Crippen LogP contribution >= 0.6 is 24.0 Å². The molecule has 0 atom stereocenters. The number of hydrogen-bond donors (Lipinski definition) is 3. The van der Waals surface area contributed by atoms with Crippen molar-refractivity contribution in [2.75, 3.05) is 31.1 Å². The number of nitrogens with one attached hydrogen (secondary N) is 1. The van der Waals surface area contributed by atoms with Gasteiger partial charge in [0.1, 0.15) is 22.5 Å². The first-order chi connectivity index (χ1) is 27.0. The second-order valence-corrected chi connectivity index (χ2v) is 13.6. The van der Waals surface area contributed by atoms with Gasteiger partial charge in [0.25, 0.3) is 0 Å². The Morgan fingerprint density at radius 3 is 1.57 bits per heavy atom. The fourth-order valence-corrected chi connectivity index (χ4v) is 6.81. The summed E-state index contributed by atoms with van der Waals surface area (Å²) in [6.45, 7) is 3.54. The fraction of sp³-hybridized carbons (Fsp3) is 0.136. The lowest BCUT2D eigenvalue weighted by molar-refractivity contribution is 0.439. The van der Waals surface area contributed by atoms with Crippen molar-refractivity contribution < 1.29 is 10.2 Å². The summed E-state index contributed by atoms with van der Waals surface area (Å²) in [5.41, 5.74) is 6.87. The quantitative estimate of drug-likeness (QED) is 0.146. The molecule has 2 aliphatic rings. The van der Waals surface area contributed by atoms with Gasteiger partial charge in [-0.1, -0.05) is 72.3 Å². The average Bonchev–Trinajstić information content (AvgIpc) is 3.18. The number of halogens is 2. The van der Waals surface area contributed by atoms with E-state index in [2.05, 4.69) is 53.3 Å². The van der Waals surface area contributed by atoms with Crippen LogP contribution in [0.4, 0.5) is 5.82 Å². The molecule has 2 saturated heterocycles. The van der Waals surface area contributed by atoms with E-state index in [0.717, 1.165) is 87.7 Å². The molecule has 0 radical (unpaired) electrons. The Bertz CT molecular complexity index is 2580. The van der Waals surface area contributed by atoms with Gasteiger partial charge in [0, 0.05) is 84.7 Å². The van der Waals surface area contributed by atoms with Crippen LogP contribution in [0.3, 0.4) is 0 Å². The number of fused-ring (bicyclic) bond motifs is 2. The van der Waals surface area contributed by atoms with E-state index in [-0.39, 0.29) is 29.8 Å². The Hall–Kier alpha value is -6.20. The molecule has 3 N–H and O–H groups in total. The van der Waals surface area contributed by atoms with E-state index in [1.54, 1.807) is 49.1 Å². The highest BCUT2D eigenvalue weighted by molar-refractivity contribution is 6.29. The second-order valence-electron chi connectivity index (χ2n) is 13.3. The Morgan fingerprint density at radius 2 is 1.02 bits per heavy atom. The largest absolute Gasteiger partial charge is 0.507 e. The fourth-order valence-electron chi connectivity index (χ4n) is 6.65. The zero-order valence-electron chi connectivity index (χ0n) is 30.2. The number of rotatable bonds is 5. The molecule has 0 spiro atoms. The number of para-hydroxylation sites is 4. The molecule has 4 aromatic carbocycles. The van der Waals surface area contributed by atoms with Crippen LogP contribution in [0.15, 0.2) is 146 Å². The zero-order chi connectivity index (χ0) is 37.6. The van der Waals surface area contributed by atoms with Crippen molar-refractivity contribution in [3.05, 3.63) is 163 Å². The van der Waals surface area contributed by atoms with Crippen LogP contribution in [0.1, 0.15) is 23.2 Å². The first kappa shape index (κ1) is 38.1. The highest BCUT2D eigenvalue weighted by Crippen LogP contribution is 2.37. The van der Waals surface area contributed by atoms with Gasteiger partial charge in [0.05, 0.1) is 33.8 Å². The molecule has 10 nitrogen and oxygen atoms in total. The number of phenolic OH excluding ortho intramolecular Hbond substituents is 2. The number of phenols is 2. The van der Waals surface area contributed by atoms with Gasteiger partial charge in [-0.05, 0) is 60.7 Å². The third kappa shape index (κ3) is 8.38. The van der Waals surface area contributed by atoms with Crippen LogP contribution in [-0.4, -0.2) is 66.3 Å². The topological polar surface area (TPSA) is 133 Å². The van der Waals surface area contributed by atoms with Gasteiger partial charge < -0.3 is 20.4 Å². The number of anilines is 1. The smallest absolute Gasteiger partial charge is 0.129 e. The van der Waals surface area contributed by atoms with Crippen molar-refractivity contribution in [3.8, 4) is 34.0 Å². The number of aromatic nitrogens is 6. The molecule has 0 bridgehead atoms. The minimum absolute atomic E-state index is 0. The van der Waals surface area contributed by atoms with Crippen molar-refractivity contribution in [2.45, 2.75) is 11.8 Å². The molecular formula is C44H38Cl2N8O2. The monoisotopic (exact) mass is 780 g/mol. The zero-order valence-corrected chi connectivity index (χ0v) is 31.7. The lowest BCUT2D eigenvalue weighted by atomic mass is 9.92. The third-order valence-corrected chi connectivity index (χ3v) is 9.89. The molecule has 4 aromatic heterocycles. The molecule has 0 aliphatic carbocycles. The SMILES string of the molecule is Cl.Clc1ccc2ccccc2n1.Oc1ccccc1-c1nccnc1C1CN(c2ccc3ccccc3n2)C1.Oc1ccccc1-c1nccnc1C1CNC1. The van der Waals surface area contributed by atoms with Crippen LogP contribution < -0.4 is 10.2 Å². The van der Waals surface area contributed by atoms with Crippen molar-refractivity contribution in [3.63, 3.8) is 0 Å². The van der Waals surface area contributed by atoms with E-state index in [9.17, 15) is 10.2 Å². The number of hydrogen-bond acceptors (Lipinski definition) is 10. The van der Waals surface area contributed by atoms with E-state index < -0.39 is 0 Å². The average molecular weight is 782 g/mol. The first-order valence-electron chi connectivity index (χ1n) is 18.0. The molecule has 12 heteroatoms. The van der Waals surface area contributed by atoms with Crippen molar-refractivity contribution in [2.24, 2.45) is 0 Å². The number of pyridine rings is 2. The van der Waals surface area contributed by atoms with Gasteiger partial charge in [0.2, 0.25) is 0 Å². The van der Waals surface area contributed by atoms with Gasteiger partial charge >= 0.3 is 0 Å². The molecule has 2 aliphatic heterocycles. The van der Waals surface area contributed by atoms with Crippen molar-refractivity contribution in [1.29, 1.82) is 0 Å². The summed E-state index contributed by atoms with van der Waals surface area (Å²) in [4.78, 5) is 29.0.